The number of esters is 1. The first-order chi connectivity index (χ1) is 8.10. The third kappa shape index (κ3) is 3.70. The molecule has 1 unspecified atom stereocenters. The minimum absolute atomic E-state index is 0.225. The van der Waals surface area contributed by atoms with E-state index < -0.39 is 12.1 Å². The first-order valence-electron chi connectivity index (χ1n) is 5.22. The van der Waals surface area contributed by atoms with Crippen molar-refractivity contribution in [2.24, 2.45) is 0 Å². The normalized spacial score (nSPS) is 12.2. The molecule has 0 aliphatic rings. The molecular formula is C12H15ClO4. The van der Waals surface area contributed by atoms with Gasteiger partial charge in [-0.1, -0.05) is 17.7 Å². The lowest BCUT2D eigenvalue weighted by Crippen LogP contribution is -2.17. The van der Waals surface area contributed by atoms with Gasteiger partial charge in [0.05, 0.1) is 13.2 Å². The summed E-state index contributed by atoms with van der Waals surface area (Å²) in [5.74, 6) is -0.674. The van der Waals surface area contributed by atoms with E-state index in [-0.39, 0.29) is 13.2 Å². The summed E-state index contributed by atoms with van der Waals surface area (Å²) in [6.45, 7) is 2.18. The summed E-state index contributed by atoms with van der Waals surface area (Å²) in [5, 5.41) is 10.4. The van der Waals surface area contributed by atoms with Gasteiger partial charge in [0.2, 0.25) is 0 Å². The standard InChI is InChI=1S/C12H15ClO4/c1-3-17-12(15)11(14)10-5-4-9(13)6-8(10)7-16-2/h4-6,11,14H,3,7H2,1-2H3. The summed E-state index contributed by atoms with van der Waals surface area (Å²) in [4.78, 5) is 11.4. The van der Waals surface area contributed by atoms with Gasteiger partial charge in [-0.25, -0.2) is 4.79 Å². The molecule has 0 amide bonds. The van der Waals surface area contributed by atoms with Crippen molar-refractivity contribution >= 4 is 17.6 Å². The number of rotatable bonds is 5. The van der Waals surface area contributed by atoms with Crippen molar-refractivity contribution in [2.45, 2.75) is 19.6 Å². The number of hydrogen-bond acceptors (Lipinski definition) is 4. The number of halogens is 1. The van der Waals surface area contributed by atoms with E-state index in [9.17, 15) is 9.90 Å². The van der Waals surface area contributed by atoms with E-state index >= 15 is 0 Å². The Morgan fingerprint density at radius 2 is 2.24 bits per heavy atom. The van der Waals surface area contributed by atoms with E-state index in [1.807, 2.05) is 0 Å². The molecule has 0 aliphatic heterocycles. The highest BCUT2D eigenvalue weighted by atomic mass is 35.5. The molecule has 0 saturated carbocycles. The van der Waals surface area contributed by atoms with Crippen LogP contribution in [0.2, 0.25) is 5.02 Å². The van der Waals surface area contributed by atoms with Gasteiger partial charge in [-0.3, -0.25) is 0 Å². The van der Waals surface area contributed by atoms with E-state index in [2.05, 4.69) is 0 Å². The summed E-state index contributed by atoms with van der Waals surface area (Å²) in [7, 11) is 1.53. The third-order valence-electron chi connectivity index (χ3n) is 2.21. The first kappa shape index (κ1) is 14.0. The Hall–Kier alpha value is -1.10. The lowest BCUT2D eigenvalue weighted by Gasteiger charge is -2.14. The predicted octanol–water partition coefficient (Wildman–Crippen LogP) is 2.08. The van der Waals surface area contributed by atoms with E-state index in [4.69, 9.17) is 21.1 Å². The highest BCUT2D eigenvalue weighted by Crippen LogP contribution is 2.23. The third-order valence-corrected chi connectivity index (χ3v) is 2.44. The lowest BCUT2D eigenvalue weighted by atomic mass is 10.0. The van der Waals surface area contributed by atoms with Crippen LogP contribution in [0, 0.1) is 0 Å². The summed E-state index contributed by atoms with van der Waals surface area (Å²) in [6.07, 6.45) is -1.31. The molecule has 0 fully saturated rings. The van der Waals surface area contributed by atoms with E-state index in [1.165, 1.54) is 7.11 Å². The first-order valence-corrected chi connectivity index (χ1v) is 5.60. The van der Waals surface area contributed by atoms with Crippen LogP contribution < -0.4 is 0 Å². The fraction of sp³-hybridized carbons (Fsp3) is 0.417. The van der Waals surface area contributed by atoms with Gasteiger partial charge in [-0.2, -0.15) is 0 Å². The molecule has 1 N–H and O–H groups in total. The number of aliphatic hydroxyl groups is 1. The molecule has 0 spiro atoms. The van der Waals surface area contributed by atoms with Crippen molar-refractivity contribution in [1.82, 2.24) is 0 Å². The molecule has 94 valence electrons. The van der Waals surface area contributed by atoms with Crippen LogP contribution in [0.15, 0.2) is 18.2 Å². The molecule has 0 saturated heterocycles. The molecule has 4 nitrogen and oxygen atoms in total. The molecule has 1 atom stereocenters. The summed E-state index contributed by atoms with van der Waals surface area (Å²) < 4.78 is 9.75. The van der Waals surface area contributed by atoms with Crippen molar-refractivity contribution < 1.29 is 19.4 Å². The number of benzene rings is 1. The minimum atomic E-state index is -1.31. The van der Waals surface area contributed by atoms with Crippen molar-refractivity contribution in [2.75, 3.05) is 13.7 Å². The van der Waals surface area contributed by atoms with Crippen LogP contribution in [0.5, 0.6) is 0 Å². The largest absolute Gasteiger partial charge is 0.464 e. The Bertz CT molecular complexity index is 392. The molecule has 0 heterocycles. The molecule has 0 aliphatic carbocycles. The van der Waals surface area contributed by atoms with Gasteiger partial charge in [0, 0.05) is 12.1 Å². The fourth-order valence-electron chi connectivity index (χ4n) is 1.47. The van der Waals surface area contributed by atoms with Gasteiger partial charge in [-0.15, -0.1) is 0 Å². The van der Waals surface area contributed by atoms with Gasteiger partial charge >= 0.3 is 5.97 Å². The SMILES string of the molecule is CCOC(=O)C(O)c1ccc(Cl)cc1COC. The molecule has 0 radical (unpaired) electrons. The number of carbonyl (C=O) groups excluding carboxylic acids is 1. The maximum atomic E-state index is 11.4. The maximum absolute atomic E-state index is 11.4. The number of aliphatic hydroxyl groups excluding tert-OH is 1. The number of carbonyl (C=O) groups is 1. The number of methoxy groups -OCH3 is 1. The monoisotopic (exact) mass is 258 g/mol. The Morgan fingerprint density at radius 1 is 1.53 bits per heavy atom. The van der Waals surface area contributed by atoms with Crippen molar-refractivity contribution in [3.63, 3.8) is 0 Å². The van der Waals surface area contributed by atoms with E-state index in [0.717, 1.165) is 0 Å². The van der Waals surface area contributed by atoms with Gasteiger partial charge in [0.1, 0.15) is 0 Å². The maximum Gasteiger partial charge on any atom is 0.339 e. The van der Waals surface area contributed by atoms with Crippen LogP contribution in [-0.2, 0) is 20.9 Å². The zero-order chi connectivity index (χ0) is 12.8. The Kier molecular flexibility index (Phi) is 5.41. The molecule has 0 aromatic heterocycles. The quantitative estimate of drug-likeness (QED) is 0.822. The van der Waals surface area contributed by atoms with Crippen LogP contribution in [0.3, 0.4) is 0 Å². The smallest absolute Gasteiger partial charge is 0.339 e. The second kappa shape index (κ2) is 6.59. The summed E-state index contributed by atoms with van der Waals surface area (Å²) in [5.41, 5.74) is 1.12. The van der Waals surface area contributed by atoms with Gasteiger partial charge in [0.25, 0.3) is 0 Å². The van der Waals surface area contributed by atoms with Crippen molar-refractivity contribution in [3.8, 4) is 0 Å². The van der Waals surface area contributed by atoms with Gasteiger partial charge < -0.3 is 14.6 Å². The van der Waals surface area contributed by atoms with Crippen LogP contribution in [0.25, 0.3) is 0 Å². The van der Waals surface area contributed by atoms with Crippen LogP contribution >= 0.6 is 11.6 Å². The predicted molar refractivity (Wildman–Crippen MR) is 63.8 cm³/mol. The molecule has 0 bridgehead atoms. The van der Waals surface area contributed by atoms with Gasteiger partial charge in [0.15, 0.2) is 6.10 Å². The Morgan fingerprint density at radius 3 is 2.82 bits per heavy atom. The molecule has 5 heteroatoms. The molecule has 17 heavy (non-hydrogen) atoms. The summed E-state index contributed by atoms with van der Waals surface area (Å²) in [6, 6.07) is 4.86. The number of hydrogen-bond donors (Lipinski definition) is 1. The highest BCUT2D eigenvalue weighted by Gasteiger charge is 2.21. The Balaban J connectivity index is 2.99. The Labute approximate surface area is 105 Å². The highest BCUT2D eigenvalue weighted by molar-refractivity contribution is 6.30. The lowest BCUT2D eigenvalue weighted by molar-refractivity contribution is -0.153. The molecule has 1 rings (SSSR count). The average molecular weight is 259 g/mol. The number of ether oxygens (including phenoxy) is 2. The minimum Gasteiger partial charge on any atom is -0.464 e. The van der Waals surface area contributed by atoms with Crippen LogP contribution in [0.1, 0.15) is 24.2 Å². The topological polar surface area (TPSA) is 55.8 Å². The zero-order valence-corrected chi connectivity index (χ0v) is 10.5. The van der Waals surface area contributed by atoms with Gasteiger partial charge in [-0.05, 0) is 30.2 Å². The average Bonchev–Trinajstić information content (AvgIpc) is 2.29. The molecule has 1 aromatic carbocycles. The van der Waals surface area contributed by atoms with E-state index in [0.29, 0.717) is 16.1 Å². The van der Waals surface area contributed by atoms with Crippen molar-refractivity contribution in [3.05, 3.63) is 34.3 Å². The van der Waals surface area contributed by atoms with Crippen LogP contribution in [0.4, 0.5) is 0 Å². The molecule has 1 aromatic rings. The van der Waals surface area contributed by atoms with E-state index in [1.54, 1.807) is 25.1 Å². The van der Waals surface area contributed by atoms with Crippen molar-refractivity contribution in [1.29, 1.82) is 0 Å². The second-order valence-corrected chi connectivity index (χ2v) is 3.87. The summed E-state index contributed by atoms with van der Waals surface area (Å²) >= 11 is 5.84. The fourth-order valence-corrected chi connectivity index (χ4v) is 1.66. The molecular weight excluding hydrogens is 244 g/mol. The second-order valence-electron chi connectivity index (χ2n) is 3.43. The zero-order valence-electron chi connectivity index (χ0n) is 9.77. The van der Waals surface area contributed by atoms with Crippen LogP contribution in [-0.4, -0.2) is 24.8 Å².